The van der Waals surface area contributed by atoms with E-state index < -0.39 is 0 Å². The Labute approximate surface area is 129 Å². The second-order valence-corrected chi connectivity index (χ2v) is 6.59. The lowest BCUT2D eigenvalue weighted by Crippen LogP contribution is -2.41. The van der Waals surface area contributed by atoms with Crippen LogP contribution >= 0.6 is 11.3 Å². The standard InChI is InChI=1S/C15H23N3O2S/c19-15(18-5-1-2-6-18)10-17(8-13-11-21-12-16-13)9-14-4-3-7-20-14/h11-12,14H,1-10H2. The molecule has 116 valence electrons. The van der Waals surface area contributed by atoms with Gasteiger partial charge in [0.05, 0.1) is 23.9 Å². The number of carbonyl (C=O) groups excluding carboxylic acids is 1. The first-order valence-corrected chi connectivity index (χ1v) is 8.74. The van der Waals surface area contributed by atoms with Gasteiger partial charge in [-0.15, -0.1) is 11.3 Å². The lowest BCUT2D eigenvalue weighted by molar-refractivity contribution is -0.131. The maximum Gasteiger partial charge on any atom is 0.236 e. The second kappa shape index (κ2) is 7.33. The zero-order valence-electron chi connectivity index (χ0n) is 12.4. The lowest BCUT2D eigenvalue weighted by atomic mass is 10.2. The number of rotatable bonds is 6. The van der Waals surface area contributed by atoms with Crippen molar-refractivity contribution in [1.82, 2.24) is 14.8 Å². The first-order valence-electron chi connectivity index (χ1n) is 7.80. The molecule has 2 saturated heterocycles. The van der Waals surface area contributed by atoms with Crippen molar-refractivity contribution in [1.29, 1.82) is 0 Å². The van der Waals surface area contributed by atoms with E-state index in [1.54, 1.807) is 11.3 Å². The number of likely N-dealkylation sites (tertiary alicyclic amines) is 1. The highest BCUT2D eigenvalue weighted by Gasteiger charge is 2.24. The van der Waals surface area contributed by atoms with Gasteiger partial charge in [0.15, 0.2) is 0 Å². The molecule has 5 nitrogen and oxygen atoms in total. The van der Waals surface area contributed by atoms with Crippen molar-refractivity contribution in [2.75, 3.05) is 32.8 Å². The molecule has 0 aromatic carbocycles. The third-order valence-electron chi connectivity index (χ3n) is 4.17. The number of hydrogen-bond acceptors (Lipinski definition) is 5. The summed E-state index contributed by atoms with van der Waals surface area (Å²) in [5.74, 6) is 0.251. The van der Waals surface area contributed by atoms with Crippen molar-refractivity contribution in [3.8, 4) is 0 Å². The average molecular weight is 309 g/mol. The predicted octanol–water partition coefficient (Wildman–Crippen LogP) is 1.75. The Bertz CT molecular complexity index is 440. The summed E-state index contributed by atoms with van der Waals surface area (Å²) in [5.41, 5.74) is 2.90. The molecule has 2 aliphatic rings. The molecule has 6 heteroatoms. The Balaban J connectivity index is 1.58. The van der Waals surface area contributed by atoms with Crippen LogP contribution in [-0.2, 0) is 16.1 Å². The Hall–Kier alpha value is -0.980. The first kappa shape index (κ1) is 14.9. The van der Waals surface area contributed by atoms with Gasteiger partial charge in [-0.05, 0) is 25.7 Å². The van der Waals surface area contributed by atoms with Gasteiger partial charge >= 0.3 is 0 Å². The molecule has 0 spiro atoms. The fraction of sp³-hybridized carbons (Fsp3) is 0.733. The molecule has 0 aliphatic carbocycles. The zero-order chi connectivity index (χ0) is 14.5. The minimum absolute atomic E-state index is 0.251. The third kappa shape index (κ3) is 4.25. The molecule has 1 atom stereocenters. The predicted molar refractivity (Wildman–Crippen MR) is 82.2 cm³/mol. The molecule has 1 amide bonds. The fourth-order valence-electron chi connectivity index (χ4n) is 3.06. The highest BCUT2D eigenvalue weighted by atomic mass is 32.1. The van der Waals surface area contributed by atoms with Gasteiger partial charge in [-0.25, -0.2) is 4.98 Å². The van der Waals surface area contributed by atoms with Crippen LogP contribution in [0.4, 0.5) is 0 Å². The Morgan fingerprint density at radius 1 is 1.43 bits per heavy atom. The molecule has 0 radical (unpaired) electrons. The minimum Gasteiger partial charge on any atom is -0.377 e. The van der Waals surface area contributed by atoms with Gasteiger partial charge in [0.2, 0.25) is 5.91 Å². The van der Waals surface area contributed by atoms with E-state index in [4.69, 9.17) is 4.74 Å². The van der Waals surface area contributed by atoms with Crippen molar-refractivity contribution >= 4 is 17.2 Å². The average Bonchev–Trinajstić information content (AvgIpc) is 3.22. The maximum absolute atomic E-state index is 12.4. The van der Waals surface area contributed by atoms with Gasteiger partial charge < -0.3 is 9.64 Å². The summed E-state index contributed by atoms with van der Waals surface area (Å²) in [6.07, 6.45) is 4.79. The molecule has 1 unspecified atom stereocenters. The molecular formula is C15H23N3O2S. The van der Waals surface area contributed by atoms with E-state index in [9.17, 15) is 4.79 Å². The van der Waals surface area contributed by atoms with E-state index in [1.807, 2.05) is 10.4 Å². The van der Waals surface area contributed by atoms with Crippen molar-refractivity contribution in [2.24, 2.45) is 0 Å². The van der Waals surface area contributed by atoms with Crippen molar-refractivity contribution in [3.05, 3.63) is 16.6 Å². The van der Waals surface area contributed by atoms with Crippen molar-refractivity contribution in [2.45, 2.75) is 38.3 Å². The molecule has 0 saturated carbocycles. The zero-order valence-corrected chi connectivity index (χ0v) is 13.2. The fourth-order valence-corrected chi connectivity index (χ4v) is 3.61. The van der Waals surface area contributed by atoms with Crippen molar-refractivity contribution < 1.29 is 9.53 Å². The molecule has 21 heavy (non-hydrogen) atoms. The SMILES string of the molecule is O=C(CN(Cc1cscn1)CC1CCCO1)N1CCCC1. The Morgan fingerprint density at radius 3 is 2.95 bits per heavy atom. The third-order valence-corrected chi connectivity index (χ3v) is 4.81. The van der Waals surface area contributed by atoms with Crippen LogP contribution in [0, 0.1) is 0 Å². The second-order valence-electron chi connectivity index (χ2n) is 5.87. The summed E-state index contributed by atoms with van der Waals surface area (Å²) in [7, 11) is 0. The summed E-state index contributed by atoms with van der Waals surface area (Å²) in [4.78, 5) is 20.9. The molecule has 3 heterocycles. The largest absolute Gasteiger partial charge is 0.377 e. The Kier molecular flexibility index (Phi) is 5.22. The van der Waals surface area contributed by atoms with Crippen LogP contribution in [0.1, 0.15) is 31.4 Å². The summed E-state index contributed by atoms with van der Waals surface area (Å²) in [5, 5.41) is 2.06. The summed E-state index contributed by atoms with van der Waals surface area (Å²) in [6.45, 7) is 4.75. The van der Waals surface area contributed by atoms with E-state index in [0.29, 0.717) is 6.54 Å². The number of hydrogen-bond donors (Lipinski definition) is 0. The summed E-state index contributed by atoms with van der Waals surface area (Å²) < 4.78 is 5.73. The number of thiazole rings is 1. The minimum atomic E-state index is 0.251. The number of ether oxygens (including phenoxy) is 1. The van der Waals surface area contributed by atoms with Gasteiger partial charge in [0.1, 0.15) is 0 Å². The van der Waals surface area contributed by atoms with Gasteiger partial charge in [-0.3, -0.25) is 9.69 Å². The van der Waals surface area contributed by atoms with E-state index in [0.717, 1.165) is 64.2 Å². The quantitative estimate of drug-likeness (QED) is 0.803. The van der Waals surface area contributed by atoms with Crippen LogP contribution in [-0.4, -0.2) is 59.6 Å². The number of carbonyl (C=O) groups is 1. The lowest BCUT2D eigenvalue weighted by Gasteiger charge is -2.26. The molecular weight excluding hydrogens is 286 g/mol. The van der Waals surface area contributed by atoms with Crippen LogP contribution in [0.3, 0.4) is 0 Å². The van der Waals surface area contributed by atoms with E-state index in [1.165, 1.54) is 0 Å². The van der Waals surface area contributed by atoms with Crippen molar-refractivity contribution in [3.63, 3.8) is 0 Å². The highest BCUT2D eigenvalue weighted by Crippen LogP contribution is 2.16. The number of amides is 1. The van der Waals surface area contributed by atoms with Gasteiger partial charge in [-0.1, -0.05) is 0 Å². The molecule has 2 fully saturated rings. The molecule has 1 aromatic rings. The number of nitrogens with zero attached hydrogens (tertiary/aromatic N) is 3. The topological polar surface area (TPSA) is 45.7 Å². The summed E-state index contributed by atoms with van der Waals surface area (Å²) >= 11 is 1.60. The van der Waals surface area contributed by atoms with Crippen LogP contribution in [0.25, 0.3) is 0 Å². The number of aromatic nitrogens is 1. The first-order chi connectivity index (χ1) is 10.3. The molecule has 0 N–H and O–H groups in total. The van der Waals surface area contributed by atoms with Crippen LogP contribution in [0.15, 0.2) is 10.9 Å². The van der Waals surface area contributed by atoms with Crippen LogP contribution in [0.2, 0.25) is 0 Å². The van der Waals surface area contributed by atoms with Gasteiger partial charge in [0.25, 0.3) is 0 Å². The molecule has 2 aliphatic heterocycles. The normalized spacial score (nSPS) is 22.3. The Morgan fingerprint density at radius 2 is 2.29 bits per heavy atom. The van der Waals surface area contributed by atoms with E-state index >= 15 is 0 Å². The van der Waals surface area contributed by atoms with E-state index in [2.05, 4.69) is 15.3 Å². The monoisotopic (exact) mass is 309 g/mol. The maximum atomic E-state index is 12.4. The van der Waals surface area contributed by atoms with Gasteiger partial charge in [0, 0.05) is 38.2 Å². The highest BCUT2D eigenvalue weighted by molar-refractivity contribution is 7.07. The van der Waals surface area contributed by atoms with Gasteiger partial charge in [-0.2, -0.15) is 0 Å². The molecule has 0 bridgehead atoms. The van der Waals surface area contributed by atoms with Crippen LogP contribution < -0.4 is 0 Å². The molecule has 1 aromatic heterocycles. The molecule has 3 rings (SSSR count). The smallest absolute Gasteiger partial charge is 0.236 e. The summed E-state index contributed by atoms with van der Waals surface area (Å²) in [6, 6.07) is 0. The van der Waals surface area contributed by atoms with E-state index in [-0.39, 0.29) is 12.0 Å². The van der Waals surface area contributed by atoms with Crippen LogP contribution in [0.5, 0.6) is 0 Å².